The fraction of sp³-hybridized carbons (Fsp3) is 0.391. The lowest BCUT2D eigenvalue weighted by Gasteiger charge is -2.38. The molecule has 33 heavy (non-hydrogen) atoms. The second-order valence-electron chi connectivity index (χ2n) is 9.04. The maximum Gasteiger partial charge on any atom is 0.414 e. The molecule has 2 aliphatic rings. The Hall–Kier alpha value is -3.29. The molecule has 4 rings (SSSR count). The molecule has 172 valence electrons. The molecule has 1 saturated heterocycles. The van der Waals surface area contributed by atoms with Gasteiger partial charge in [0.05, 0.1) is 11.5 Å². The third kappa shape index (κ3) is 4.21. The number of hydrogen-bond donors (Lipinski definition) is 2. The van der Waals surface area contributed by atoms with E-state index in [9.17, 15) is 14.0 Å². The van der Waals surface area contributed by atoms with Gasteiger partial charge in [-0.05, 0) is 50.6 Å². The number of halogens is 1. The number of rotatable bonds is 2. The van der Waals surface area contributed by atoms with Crippen LogP contribution in [0.5, 0.6) is 0 Å². The first-order valence-electron chi connectivity index (χ1n) is 10.4. The van der Waals surface area contributed by atoms with Crippen molar-refractivity contribution in [3.63, 3.8) is 0 Å². The minimum atomic E-state index is -0.894. The molecule has 0 saturated carbocycles. The topological polar surface area (TPSA) is 107 Å². The molecule has 1 unspecified atom stereocenters. The summed E-state index contributed by atoms with van der Waals surface area (Å²) in [5.41, 5.74) is -0.915. The van der Waals surface area contributed by atoms with Gasteiger partial charge in [-0.1, -0.05) is 6.07 Å². The van der Waals surface area contributed by atoms with Crippen molar-refractivity contribution in [2.45, 2.75) is 31.9 Å². The monoisotopic (exact) mass is 469 g/mol. The van der Waals surface area contributed by atoms with Gasteiger partial charge in [-0.2, -0.15) is 5.26 Å². The van der Waals surface area contributed by atoms with Gasteiger partial charge in [-0.25, -0.2) is 14.2 Å². The molecule has 10 heteroatoms. The number of ether oxygens (including phenoxy) is 1. The van der Waals surface area contributed by atoms with Crippen LogP contribution in [0.2, 0.25) is 0 Å². The highest BCUT2D eigenvalue weighted by molar-refractivity contribution is 7.15. The van der Waals surface area contributed by atoms with E-state index in [2.05, 4.69) is 10.6 Å². The number of nitriles is 1. The molecule has 2 amide bonds. The molecular formula is C23H24FN5O3S. The molecule has 8 nitrogen and oxygen atoms in total. The number of carbonyl (C=O) groups excluding carboxylic acids is 2. The van der Waals surface area contributed by atoms with Crippen molar-refractivity contribution in [1.82, 2.24) is 15.5 Å². The number of alkyl carbamates (subject to hydrolysis) is 1. The predicted octanol–water partition coefficient (Wildman–Crippen LogP) is 3.19. The molecule has 2 aromatic rings. The minimum absolute atomic E-state index is 0.0302. The Labute approximate surface area is 195 Å². The van der Waals surface area contributed by atoms with Crippen LogP contribution in [0.4, 0.5) is 9.18 Å². The number of guanidine groups is 1. The summed E-state index contributed by atoms with van der Waals surface area (Å²) in [4.78, 5) is 33.4. The highest BCUT2D eigenvalue weighted by atomic mass is 32.1. The average Bonchev–Trinajstić information content (AvgIpc) is 3.39. The standard InChI is InChI=1S/C23H24FN5O3S/c1-22(2,3)32-21(31)27-20-28-23(12-26-11-15(23)19(30)29(20)4)18-8-7-17(33-18)13-5-6-16(24)14(9-13)10-25/h5-9,15,26H,11-12H2,1-4H3,(H,27,28,31)/t15?,23-/m0/s1. The molecular weight excluding hydrogens is 445 g/mol. The van der Waals surface area contributed by atoms with E-state index in [0.717, 1.165) is 9.75 Å². The maximum absolute atomic E-state index is 13.8. The van der Waals surface area contributed by atoms with Gasteiger partial charge in [0.2, 0.25) is 11.9 Å². The molecule has 2 N–H and O–H groups in total. The molecule has 0 aliphatic carbocycles. The summed E-state index contributed by atoms with van der Waals surface area (Å²) in [6, 6.07) is 10.0. The Kier molecular flexibility index (Phi) is 5.72. The van der Waals surface area contributed by atoms with Crippen molar-refractivity contribution in [3.05, 3.63) is 46.6 Å². The zero-order valence-electron chi connectivity index (χ0n) is 18.7. The quantitative estimate of drug-likeness (QED) is 0.703. The summed E-state index contributed by atoms with van der Waals surface area (Å²) in [7, 11) is 1.57. The van der Waals surface area contributed by atoms with Crippen LogP contribution in [0.1, 0.15) is 31.2 Å². The van der Waals surface area contributed by atoms with Crippen molar-refractivity contribution in [3.8, 4) is 16.5 Å². The molecule has 0 radical (unpaired) electrons. The number of amides is 2. The Bertz CT molecular complexity index is 1200. The number of nitrogens with one attached hydrogen (secondary N) is 2. The number of nitrogens with zero attached hydrogens (tertiary/aromatic N) is 3. The third-order valence-electron chi connectivity index (χ3n) is 5.59. The lowest BCUT2D eigenvalue weighted by Crippen LogP contribution is -2.56. The van der Waals surface area contributed by atoms with Crippen LogP contribution in [0.3, 0.4) is 0 Å². The van der Waals surface area contributed by atoms with Gasteiger partial charge < -0.3 is 10.1 Å². The summed E-state index contributed by atoms with van der Waals surface area (Å²) in [6.07, 6.45) is -0.692. The van der Waals surface area contributed by atoms with Crippen LogP contribution >= 0.6 is 11.3 Å². The largest absolute Gasteiger partial charge is 0.444 e. The SMILES string of the molecule is CN1C(=O)C2CNC[C@]2(c2ccc(-c3ccc(F)c(C#N)c3)s2)N=C1NC(=O)OC(C)(C)C. The molecule has 1 fully saturated rings. The fourth-order valence-electron chi connectivity index (χ4n) is 4.02. The van der Waals surface area contributed by atoms with E-state index in [-0.39, 0.29) is 17.4 Å². The summed E-state index contributed by atoms with van der Waals surface area (Å²) in [6.45, 7) is 6.13. The lowest BCUT2D eigenvalue weighted by molar-refractivity contribution is -0.132. The number of benzene rings is 1. The summed E-state index contributed by atoms with van der Waals surface area (Å²) >= 11 is 1.43. The van der Waals surface area contributed by atoms with Crippen molar-refractivity contribution >= 4 is 29.3 Å². The van der Waals surface area contributed by atoms with Crippen molar-refractivity contribution in [2.24, 2.45) is 10.9 Å². The van der Waals surface area contributed by atoms with Crippen LogP contribution in [0, 0.1) is 23.1 Å². The first-order chi connectivity index (χ1) is 15.5. The molecule has 1 aromatic heterocycles. The zero-order chi connectivity index (χ0) is 24.0. The third-order valence-corrected chi connectivity index (χ3v) is 6.89. The van der Waals surface area contributed by atoms with Gasteiger partial charge in [0, 0.05) is 29.9 Å². The van der Waals surface area contributed by atoms with Crippen LogP contribution in [-0.2, 0) is 15.1 Å². The van der Waals surface area contributed by atoms with Crippen LogP contribution in [0.25, 0.3) is 10.4 Å². The Morgan fingerprint density at radius 3 is 2.85 bits per heavy atom. The van der Waals surface area contributed by atoms with Gasteiger partial charge in [0.1, 0.15) is 23.0 Å². The maximum atomic E-state index is 13.8. The van der Waals surface area contributed by atoms with E-state index in [0.29, 0.717) is 18.7 Å². The second-order valence-corrected chi connectivity index (χ2v) is 10.1. The van der Waals surface area contributed by atoms with E-state index < -0.39 is 29.0 Å². The van der Waals surface area contributed by atoms with E-state index in [1.165, 1.54) is 28.4 Å². The number of aliphatic imine (C=N–C) groups is 1. The molecule has 2 atom stereocenters. The summed E-state index contributed by atoms with van der Waals surface area (Å²) in [5.74, 6) is -1.05. The Morgan fingerprint density at radius 2 is 2.15 bits per heavy atom. The minimum Gasteiger partial charge on any atom is -0.444 e. The number of fused-ring (bicyclic) bond motifs is 1. The summed E-state index contributed by atoms with van der Waals surface area (Å²) < 4.78 is 19.1. The predicted molar refractivity (Wildman–Crippen MR) is 122 cm³/mol. The average molecular weight is 470 g/mol. The molecule has 2 aliphatic heterocycles. The van der Waals surface area contributed by atoms with E-state index >= 15 is 0 Å². The van der Waals surface area contributed by atoms with E-state index in [1.807, 2.05) is 18.2 Å². The van der Waals surface area contributed by atoms with Crippen LogP contribution in [0.15, 0.2) is 35.3 Å². The van der Waals surface area contributed by atoms with Gasteiger partial charge in [0.25, 0.3) is 0 Å². The van der Waals surface area contributed by atoms with Crippen molar-refractivity contribution < 1.29 is 18.7 Å². The van der Waals surface area contributed by atoms with Crippen LogP contribution in [-0.4, -0.2) is 48.6 Å². The van der Waals surface area contributed by atoms with Crippen molar-refractivity contribution in [2.75, 3.05) is 20.1 Å². The smallest absolute Gasteiger partial charge is 0.414 e. The Balaban J connectivity index is 1.72. The van der Waals surface area contributed by atoms with Gasteiger partial charge >= 0.3 is 6.09 Å². The molecule has 3 heterocycles. The number of hydrogen-bond acceptors (Lipinski definition) is 7. The number of carbonyl (C=O) groups is 2. The summed E-state index contributed by atoms with van der Waals surface area (Å²) in [5, 5.41) is 15.0. The van der Waals surface area contributed by atoms with Crippen LogP contribution < -0.4 is 10.6 Å². The number of thiophene rings is 1. The molecule has 0 spiro atoms. The fourth-order valence-corrected chi connectivity index (χ4v) is 5.21. The second kappa shape index (κ2) is 8.24. The van der Waals surface area contributed by atoms with Gasteiger partial charge in [-0.15, -0.1) is 11.3 Å². The van der Waals surface area contributed by atoms with Gasteiger partial charge in [0.15, 0.2) is 0 Å². The highest BCUT2D eigenvalue weighted by Crippen LogP contribution is 2.45. The first-order valence-corrected chi connectivity index (χ1v) is 11.2. The highest BCUT2D eigenvalue weighted by Gasteiger charge is 2.54. The van der Waals surface area contributed by atoms with E-state index in [1.54, 1.807) is 33.9 Å². The Morgan fingerprint density at radius 1 is 1.39 bits per heavy atom. The molecule has 0 bridgehead atoms. The zero-order valence-corrected chi connectivity index (χ0v) is 19.5. The van der Waals surface area contributed by atoms with E-state index in [4.69, 9.17) is 15.0 Å². The normalized spacial score (nSPS) is 22.4. The lowest BCUT2D eigenvalue weighted by atomic mass is 9.84. The first kappa shape index (κ1) is 22.9. The van der Waals surface area contributed by atoms with Gasteiger partial charge in [-0.3, -0.25) is 15.0 Å². The molecule has 1 aromatic carbocycles. The van der Waals surface area contributed by atoms with Crippen molar-refractivity contribution in [1.29, 1.82) is 5.26 Å².